The second kappa shape index (κ2) is 10.2. The smallest absolute Gasteiger partial charge is 0.229 e. The van der Waals surface area contributed by atoms with Crippen molar-refractivity contribution in [1.29, 1.82) is 0 Å². The standard InChI is InChI=1S/C21H37N5O2/c1-22-20(23-13-16-26-18(27)9-8-10-19(26)28)24-17-21(11-4-2-5-12-21)25-14-6-3-7-15-25/h2-17H2,1H3,(H2,22,23,24). The van der Waals surface area contributed by atoms with Crippen molar-refractivity contribution in [2.45, 2.75) is 76.2 Å². The first-order valence-electron chi connectivity index (χ1n) is 11.2. The lowest BCUT2D eigenvalue weighted by molar-refractivity contribution is -0.147. The van der Waals surface area contributed by atoms with Crippen LogP contribution in [0.15, 0.2) is 4.99 Å². The molecule has 0 radical (unpaired) electrons. The van der Waals surface area contributed by atoms with Crippen molar-refractivity contribution in [2.75, 3.05) is 39.8 Å². The van der Waals surface area contributed by atoms with E-state index < -0.39 is 0 Å². The molecule has 7 heteroatoms. The zero-order valence-corrected chi connectivity index (χ0v) is 17.5. The van der Waals surface area contributed by atoms with Crippen LogP contribution in [0.5, 0.6) is 0 Å². The molecule has 28 heavy (non-hydrogen) atoms. The molecule has 2 heterocycles. The van der Waals surface area contributed by atoms with Crippen LogP contribution in [0.3, 0.4) is 0 Å². The summed E-state index contributed by atoms with van der Waals surface area (Å²) >= 11 is 0. The van der Waals surface area contributed by atoms with Gasteiger partial charge in [0.1, 0.15) is 0 Å². The molecular weight excluding hydrogens is 354 g/mol. The minimum absolute atomic E-state index is 0.0488. The van der Waals surface area contributed by atoms with E-state index in [1.807, 2.05) is 0 Å². The Kier molecular flexibility index (Phi) is 7.71. The Morgan fingerprint density at radius 2 is 1.57 bits per heavy atom. The van der Waals surface area contributed by atoms with Gasteiger partial charge in [0.15, 0.2) is 5.96 Å². The molecule has 2 aliphatic heterocycles. The Bertz CT molecular complexity index is 549. The van der Waals surface area contributed by atoms with Gasteiger partial charge < -0.3 is 10.6 Å². The van der Waals surface area contributed by atoms with Crippen molar-refractivity contribution >= 4 is 17.8 Å². The van der Waals surface area contributed by atoms with Crippen LogP contribution in [0, 0.1) is 0 Å². The second-order valence-corrected chi connectivity index (χ2v) is 8.48. The van der Waals surface area contributed by atoms with E-state index in [-0.39, 0.29) is 17.4 Å². The number of carbonyl (C=O) groups excluding carboxylic acids is 2. The SMILES string of the molecule is CN=C(NCCN1C(=O)CCCC1=O)NCC1(N2CCCCC2)CCCCC1. The summed E-state index contributed by atoms with van der Waals surface area (Å²) in [6.07, 6.45) is 12.1. The van der Waals surface area contributed by atoms with Crippen molar-refractivity contribution in [1.82, 2.24) is 20.4 Å². The van der Waals surface area contributed by atoms with Crippen LogP contribution in [0.4, 0.5) is 0 Å². The fourth-order valence-electron chi connectivity index (χ4n) is 4.99. The Labute approximate surface area is 169 Å². The van der Waals surface area contributed by atoms with E-state index in [4.69, 9.17) is 0 Å². The molecule has 1 aliphatic carbocycles. The number of hydrogen-bond donors (Lipinski definition) is 2. The predicted molar refractivity (Wildman–Crippen MR) is 111 cm³/mol. The van der Waals surface area contributed by atoms with E-state index in [1.165, 1.54) is 69.4 Å². The number of aliphatic imine (C=N–C) groups is 1. The third-order valence-electron chi connectivity index (χ3n) is 6.63. The van der Waals surface area contributed by atoms with Gasteiger partial charge in [-0.1, -0.05) is 25.7 Å². The summed E-state index contributed by atoms with van der Waals surface area (Å²) in [6.45, 7) is 4.29. The highest BCUT2D eigenvalue weighted by molar-refractivity contribution is 5.97. The molecule has 2 saturated heterocycles. The highest BCUT2D eigenvalue weighted by Gasteiger charge is 2.38. The van der Waals surface area contributed by atoms with E-state index >= 15 is 0 Å². The third-order valence-corrected chi connectivity index (χ3v) is 6.63. The summed E-state index contributed by atoms with van der Waals surface area (Å²) in [5, 5.41) is 6.84. The van der Waals surface area contributed by atoms with Crippen LogP contribution >= 0.6 is 0 Å². The highest BCUT2D eigenvalue weighted by Crippen LogP contribution is 2.35. The molecule has 158 valence electrons. The first-order valence-corrected chi connectivity index (χ1v) is 11.2. The lowest BCUT2D eigenvalue weighted by atomic mass is 9.79. The van der Waals surface area contributed by atoms with Crippen molar-refractivity contribution in [3.8, 4) is 0 Å². The molecule has 2 amide bonds. The lowest BCUT2D eigenvalue weighted by Crippen LogP contribution is -2.59. The van der Waals surface area contributed by atoms with Gasteiger partial charge in [0.2, 0.25) is 11.8 Å². The first-order chi connectivity index (χ1) is 13.6. The molecule has 0 aromatic rings. The summed E-state index contributed by atoms with van der Waals surface area (Å²) < 4.78 is 0. The van der Waals surface area contributed by atoms with Crippen LogP contribution < -0.4 is 10.6 Å². The predicted octanol–water partition coefficient (Wildman–Crippen LogP) is 1.88. The van der Waals surface area contributed by atoms with E-state index in [0.29, 0.717) is 32.4 Å². The number of rotatable bonds is 6. The van der Waals surface area contributed by atoms with Gasteiger partial charge in [-0.3, -0.25) is 24.4 Å². The summed E-state index contributed by atoms with van der Waals surface area (Å²) in [7, 11) is 1.78. The van der Waals surface area contributed by atoms with Gasteiger partial charge in [-0.15, -0.1) is 0 Å². The van der Waals surface area contributed by atoms with Gasteiger partial charge in [-0.05, 0) is 45.2 Å². The largest absolute Gasteiger partial charge is 0.355 e. The maximum Gasteiger partial charge on any atom is 0.229 e. The number of piperidine rings is 2. The molecule has 3 aliphatic rings. The van der Waals surface area contributed by atoms with E-state index in [2.05, 4.69) is 20.5 Å². The molecule has 0 aromatic carbocycles. The summed E-state index contributed by atoms with van der Waals surface area (Å²) in [5.41, 5.74) is 0.245. The van der Waals surface area contributed by atoms with Crippen LogP contribution in [0.1, 0.15) is 70.6 Å². The Hall–Kier alpha value is -1.63. The molecule has 3 rings (SSSR count). The van der Waals surface area contributed by atoms with Gasteiger partial charge in [0, 0.05) is 45.1 Å². The fraction of sp³-hybridized carbons (Fsp3) is 0.857. The fourth-order valence-corrected chi connectivity index (χ4v) is 4.99. The molecule has 0 aromatic heterocycles. The minimum atomic E-state index is -0.0488. The van der Waals surface area contributed by atoms with Crippen LogP contribution in [0.2, 0.25) is 0 Å². The summed E-state index contributed by atoms with van der Waals surface area (Å²) in [5.74, 6) is 0.665. The molecule has 3 fully saturated rings. The molecular formula is C21H37N5O2. The van der Waals surface area contributed by atoms with E-state index in [0.717, 1.165) is 12.5 Å². The number of imide groups is 1. The zero-order valence-electron chi connectivity index (χ0n) is 17.5. The Morgan fingerprint density at radius 1 is 0.929 bits per heavy atom. The average Bonchev–Trinajstić information content (AvgIpc) is 2.74. The van der Waals surface area contributed by atoms with Gasteiger partial charge in [0.05, 0.1) is 0 Å². The van der Waals surface area contributed by atoms with E-state index in [9.17, 15) is 9.59 Å². The summed E-state index contributed by atoms with van der Waals surface area (Å²) in [4.78, 5) is 32.3. The average molecular weight is 392 g/mol. The van der Waals surface area contributed by atoms with Gasteiger partial charge in [-0.25, -0.2) is 0 Å². The number of nitrogens with one attached hydrogen (secondary N) is 2. The quantitative estimate of drug-likeness (QED) is 0.411. The number of likely N-dealkylation sites (tertiary alicyclic amines) is 2. The molecule has 7 nitrogen and oxygen atoms in total. The maximum atomic E-state index is 11.9. The number of nitrogens with zero attached hydrogens (tertiary/aromatic N) is 3. The number of hydrogen-bond acceptors (Lipinski definition) is 4. The first kappa shape index (κ1) is 21.1. The van der Waals surface area contributed by atoms with Crippen molar-refractivity contribution in [3.63, 3.8) is 0 Å². The normalized spacial score (nSPS) is 24.3. The Morgan fingerprint density at radius 3 is 2.21 bits per heavy atom. The Balaban J connectivity index is 1.50. The zero-order chi connectivity index (χ0) is 19.8. The highest BCUT2D eigenvalue weighted by atomic mass is 16.2. The van der Waals surface area contributed by atoms with Crippen molar-refractivity contribution in [3.05, 3.63) is 0 Å². The molecule has 0 atom stereocenters. The number of carbonyl (C=O) groups is 2. The van der Waals surface area contributed by atoms with Crippen molar-refractivity contribution < 1.29 is 9.59 Å². The third kappa shape index (κ3) is 5.25. The van der Waals surface area contributed by atoms with Gasteiger partial charge in [-0.2, -0.15) is 0 Å². The van der Waals surface area contributed by atoms with Gasteiger partial charge in [0.25, 0.3) is 0 Å². The van der Waals surface area contributed by atoms with Crippen LogP contribution in [-0.4, -0.2) is 72.9 Å². The maximum absolute atomic E-state index is 11.9. The number of amides is 2. The molecule has 0 bridgehead atoms. The second-order valence-electron chi connectivity index (χ2n) is 8.48. The van der Waals surface area contributed by atoms with Crippen LogP contribution in [0.25, 0.3) is 0 Å². The molecule has 2 N–H and O–H groups in total. The van der Waals surface area contributed by atoms with Crippen LogP contribution in [-0.2, 0) is 9.59 Å². The summed E-state index contributed by atoms with van der Waals surface area (Å²) in [6, 6.07) is 0. The minimum Gasteiger partial charge on any atom is -0.355 e. The van der Waals surface area contributed by atoms with E-state index in [1.54, 1.807) is 7.05 Å². The monoisotopic (exact) mass is 391 g/mol. The molecule has 1 saturated carbocycles. The molecule has 0 spiro atoms. The lowest BCUT2D eigenvalue weighted by Gasteiger charge is -2.48. The topological polar surface area (TPSA) is 77.0 Å². The van der Waals surface area contributed by atoms with Gasteiger partial charge >= 0.3 is 0 Å². The van der Waals surface area contributed by atoms with Crippen molar-refractivity contribution in [2.24, 2.45) is 4.99 Å². The molecule has 0 unspecified atom stereocenters. The number of guanidine groups is 1.